The summed E-state index contributed by atoms with van der Waals surface area (Å²) >= 11 is 0. The minimum atomic E-state index is 0.224. The lowest BCUT2D eigenvalue weighted by Crippen LogP contribution is -2.39. The van der Waals surface area contributed by atoms with E-state index in [1.807, 2.05) is 0 Å². The summed E-state index contributed by atoms with van der Waals surface area (Å²) in [6.07, 6.45) is 3.81. The van der Waals surface area contributed by atoms with E-state index >= 15 is 0 Å². The summed E-state index contributed by atoms with van der Waals surface area (Å²) in [6, 6.07) is 9.45. The summed E-state index contributed by atoms with van der Waals surface area (Å²) < 4.78 is 0. The van der Waals surface area contributed by atoms with Crippen molar-refractivity contribution in [2.75, 3.05) is 13.1 Å². The maximum Gasteiger partial charge on any atom is 0.0459 e. The molecule has 1 aliphatic heterocycles. The molecule has 1 heterocycles. The topological polar surface area (TPSA) is 29.3 Å². The molecule has 1 aromatic carbocycles. The Bertz CT molecular complexity index is 402. The molecular formula is C15H22N2. The van der Waals surface area contributed by atoms with Crippen LogP contribution in [-0.2, 0) is 6.42 Å². The summed E-state index contributed by atoms with van der Waals surface area (Å²) in [5.41, 5.74) is 9.25. The van der Waals surface area contributed by atoms with Crippen molar-refractivity contribution in [1.29, 1.82) is 0 Å². The lowest BCUT2D eigenvalue weighted by atomic mass is 10.1. The molecule has 2 aliphatic rings. The van der Waals surface area contributed by atoms with Gasteiger partial charge in [-0.05, 0) is 36.4 Å². The van der Waals surface area contributed by atoms with E-state index in [9.17, 15) is 0 Å². The first-order valence-electron chi connectivity index (χ1n) is 6.87. The Morgan fingerprint density at radius 3 is 2.88 bits per heavy atom. The summed E-state index contributed by atoms with van der Waals surface area (Å²) in [7, 11) is 0. The lowest BCUT2D eigenvalue weighted by molar-refractivity contribution is 0.214. The Morgan fingerprint density at radius 2 is 2.18 bits per heavy atom. The van der Waals surface area contributed by atoms with Crippen LogP contribution in [0.3, 0.4) is 0 Å². The molecule has 3 rings (SSSR count). The van der Waals surface area contributed by atoms with Crippen LogP contribution >= 0.6 is 0 Å². The van der Waals surface area contributed by atoms with Crippen molar-refractivity contribution < 1.29 is 0 Å². The van der Waals surface area contributed by atoms with Gasteiger partial charge in [-0.2, -0.15) is 0 Å². The summed E-state index contributed by atoms with van der Waals surface area (Å²) in [5, 5.41) is 0. The third-order valence-corrected chi connectivity index (χ3v) is 4.62. The van der Waals surface area contributed by atoms with Crippen LogP contribution in [0.15, 0.2) is 24.3 Å². The smallest absolute Gasteiger partial charge is 0.0459 e. The minimum Gasteiger partial charge on any atom is -0.323 e. The molecule has 0 aromatic heterocycles. The van der Waals surface area contributed by atoms with Gasteiger partial charge in [0.05, 0.1) is 0 Å². The Morgan fingerprint density at radius 1 is 1.35 bits per heavy atom. The van der Waals surface area contributed by atoms with Crippen LogP contribution in [0.4, 0.5) is 0 Å². The fourth-order valence-corrected chi connectivity index (χ4v) is 3.46. The van der Waals surface area contributed by atoms with Gasteiger partial charge in [0, 0.05) is 18.6 Å². The highest BCUT2D eigenvalue weighted by atomic mass is 15.2. The number of benzene rings is 1. The summed E-state index contributed by atoms with van der Waals surface area (Å²) in [4.78, 5) is 2.62. The maximum atomic E-state index is 6.42. The molecule has 1 aromatic rings. The number of hydrogen-bond acceptors (Lipinski definition) is 2. The predicted octanol–water partition coefficient (Wildman–Crippen LogP) is 2.34. The van der Waals surface area contributed by atoms with Crippen molar-refractivity contribution >= 4 is 0 Å². The molecule has 3 atom stereocenters. The monoisotopic (exact) mass is 230 g/mol. The Labute approximate surface area is 104 Å². The van der Waals surface area contributed by atoms with Gasteiger partial charge >= 0.3 is 0 Å². The van der Waals surface area contributed by atoms with Crippen molar-refractivity contribution in [3.63, 3.8) is 0 Å². The number of hydrogen-bond donors (Lipinski definition) is 1. The standard InChI is InChI=1S/C15H22N2/c1-2-11-7-8-17(10-11)14-9-12-5-3-4-6-13(12)15(14)16/h3-6,11,14-15H,2,7-10,16H2,1H3. The quantitative estimate of drug-likeness (QED) is 0.845. The zero-order valence-corrected chi connectivity index (χ0v) is 10.6. The minimum absolute atomic E-state index is 0.224. The van der Waals surface area contributed by atoms with Crippen molar-refractivity contribution in [3.05, 3.63) is 35.4 Å². The second-order valence-corrected chi connectivity index (χ2v) is 5.55. The van der Waals surface area contributed by atoms with Gasteiger partial charge < -0.3 is 5.73 Å². The fourth-order valence-electron chi connectivity index (χ4n) is 3.46. The SMILES string of the molecule is CCC1CCN(C2Cc3ccccc3C2N)C1. The van der Waals surface area contributed by atoms with E-state index in [1.54, 1.807) is 0 Å². The Kier molecular flexibility index (Phi) is 2.93. The van der Waals surface area contributed by atoms with Crippen molar-refractivity contribution in [1.82, 2.24) is 4.90 Å². The highest BCUT2D eigenvalue weighted by molar-refractivity contribution is 5.37. The van der Waals surface area contributed by atoms with Crippen molar-refractivity contribution in [3.8, 4) is 0 Å². The van der Waals surface area contributed by atoms with Crippen LogP contribution in [0.1, 0.15) is 36.9 Å². The second kappa shape index (κ2) is 4.43. The third kappa shape index (κ3) is 1.90. The van der Waals surface area contributed by atoms with Crippen LogP contribution in [0.25, 0.3) is 0 Å². The van der Waals surface area contributed by atoms with Crippen LogP contribution < -0.4 is 5.73 Å². The van der Waals surface area contributed by atoms with E-state index in [0.717, 1.165) is 12.3 Å². The van der Waals surface area contributed by atoms with Gasteiger partial charge in [-0.1, -0.05) is 37.6 Å². The van der Waals surface area contributed by atoms with Gasteiger partial charge in [0.1, 0.15) is 0 Å². The highest BCUT2D eigenvalue weighted by Crippen LogP contribution is 2.35. The maximum absolute atomic E-state index is 6.42. The number of nitrogens with zero attached hydrogens (tertiary/aromatic N) is 1. The molecule has 0 saturated carbocycles. The molecule has 1 saturated heterocycles. The molecule has 0 amide bonds. The van der Waals surface area contributed by atoms with Gasteiger partial charge in [0.25, 0.3) is 0 Å². The van der Waals surface area contributed by atoms with E-state index in [2.05, 4.69) is 36.1 Å². The molecule has 92 valence electrons. The first-order valence-corrected chi connectivity index (χ1v) is 6.87. The zero-order chi connectivity index (χ0) is 11.8. The number of nitrogens with two attached hydrogens (primary N) is 1. The largest absolute Gasteiger partial charge is 0.323 e. The van der Waals surface area contributed by atoms with Gasteiger partial charge in [0.2, 0.25) is 0 Å². The molecule has 1 aliphatic carbocycles. The molecule has 3 unspecified atom stereocenters. The van der Waals surface area contributed by atoms with Crippen LogP contribution in [0, 0.1) is 5.92 Å². The van der Waals surface area contributed by atoms with E-state index < -0.39 is 0 Å². The molecule has 2 heteroatoms. The van der Waals surface area contributed by atoms with Crippen molar-refractivity contribution in [2.24, 2.45) is 11.7 Å². The lowest BCUT2D eigenvalue weighted by Gasteiger charge is -2.27. The number of rotatable bonds is 2. The fraction of sp³-hybridized carbons (Fsp3) is 0.600. The third-order valence-electron chi connectivity index (χ3n) is 4.62. The molecule has 1 fully saturated rings. The van der Waals surface area contributed by atoms with E-state index in [-0.39, 0.29) is 6.04 Å². The zero-order valence-electron chi connectivity index (χ0n) is 10.6. The second-order valence-electron chi connectivity index (χ2n) is 5.55. The molecule has 0 radical (unpaired) electrons. The number of fused-ring (bicyclic) bond motifs is 1. The van der Waals surface area contributed by atoms with Gasteiger partial charge in [-0.15, -0.1) is 0 Å². The van der Waals surface area contributed by atoms with E-state index in [0.29, 0.717) is 6.04 Å². The van der Waals surface area contributed by atoms with Gasteiger partial charge in [-0.25, -0.2) is 0 Å². The van der Waals surface area contributed by atoms with E-state index in [1.165, 1.54) is 37.1 Å². The predicted molar refractivity (Wildman–Crippen MR) is 70.8 cm³/mol. The first kappa shape index (κ1) is 11.2. The van der Waals surface area contributed by atoms with Crippen LogP contribution in [0.5, 0.6) is 0 Å². The average Bonchev–Trinajstić information content (AvgIpc) is 2.95. The summed E-state index contributed by atoms with van der Waals surface area (Å²) in [5.74, 6) is 0.894. The normalized spacial score (nSPS) is 32.9. The van der Waals surface area contributed by atoms with Crippen LogP contribution in [-0.4, -0.2) is 24.0 Å². The molecule has 0 spiro atoms. The molecule has 2 N–H and O–H groups in total. The Hall–Kier alpha value is -0.860. The van der Waals surface area contributed by atoms with E-state index in [4.69, 9.17) is 5.73 Å². The molecule has 17 heavy (non-hydrogen) atoms. The average molecular weight is 230 g/mol. The number of likely N-dealkylation sites (tertiary alicyclic amines) is 1. The molecular weight excluding hydrogens is 208 g/mol. The summed E-state index contributed by atoms with van der Waals surface area (Å²) in [6.45, 7) is 4.80. The molecule has 0 bridgehead atoms. The van der Waals surface area contributed by atoms with Crippen molar-refractivity contribution in [2.45, 2.75) is 38.3 Å². The first-order chi connectivity index (χ1) is 8.29. The van der Waals surface area contributed by atoms with Gasteiger partial charge in [0.15, 0.2) is 0 Å². The molecule has 2 nitrogen and oxygen atoms in total. The Balaban J connectivity index is 1.76. The van der Waals surface area contributed by atoms with Crippen LogP contribution in [0.2, 0.25) is 0 Å². The highest BCUT2D eigenvalue weighted by Gasteiger charge is 2.36. The van der Waals surface area contributed by atoms with Gasteiger partial charge in [-0.3, -0.25) is 4.90 Å².